The van der Waals surface area contributed by atoms with Crippen LogP contribution in [0.15, 0.2) is 52.3 Å². The second-order valence-electron chi connectivity index (χ2n) is 6.33. The van der Waals surface area contributed by atoms with Gasteiger partial charge in [0.2, 0.25) is 10.0 Å². The molecule has 2 aromatic carbocycles. The predicted molar refractivity (Wildman–Crippen MR) is 104 cm³/mol. The molecule has 2 aromatic rings. The summed E-state index contributed by atoms with van der Waals surface area (Å²) in [5.74, 6) is -0.680. The number of nitrogens with zero attached hydrogens (tertiary/aromatic N) is 2. The average molecular weight is 409 g/mol. The Morgan fingerprint density at radius 3 is 2.41 bits per heavy atom. The van der Waals surface area contributed by atoms with Gasteiger partial charge in [-0.1, -0.05) is 12.1 Å². The molecule has 5 nitrogen and oxygen atoms in total. The van der Waals surface area contributed by atoms with Gasteiger partial charge in [0, 0.05) is 36.6 Å². The quantitative estimate of drug-likeness (QED) is 0.730. The number of carbonyl (C=O) groups is 1. The number of benzene rings is 2. The summed E-state index contributed by atoms with van der Waals surface area (Å²) in [6, 6.07) is 10.8. The highest BCUT2D eigenvalue weighted by molar-refractivity contribution is 7.98. The van der Waals surface area contributed by atoms with E-state index < -0.39 is 15.8 Å². The van der Waals surface area contributed by atoms with E-state index >= 15 is 0 Å². The molecule has 0 bridgehead atoms. The summed E-state index contributed by atoms with van der Waals surface area (Å²) >= 11 is 1.57. The molecule has 0 aliphatic carbocycles. The number of thioether (sulfide) groups is 1. The van der Waals surface area contributed by atoms with E-state index in [1.54, 1.807) is 16.7 Å². The average Bonchev–Trinajstić information content (AvgIpc) is 2.68. The minimum Gasteiger partial charge on any atom is -0.336 e. The van der Waals surface area contributed by atoms with Crippen LogP contribution in [0.2, 0.25) is 0 Å². The molecule has 1 aliphatic heterocycles. The molecule has 0 aromatic heterocycles. The summed E-state index contributed by atoms with van der Waals surface area (Å²) in [7, 11) is -3.77. The van der Waals surface area contributed by atoms with Gasteiger partial charge in [-0.2, -0.15) is 4.31 Å². The standard InChI is InChI=1S/C19H21FN2O3S2/c1-14-6-7-16(26-2)13-18(14)19(23)21-8-10-22(11-9-21)27(24,25)17-5-3-4-15(20)12-17/h3-7,12-13H,8-11H2,1-2H3. The fraction of sp³-hybridized carbons (Fsp3) is 0.316. The van der Waals surface area contributed by atoms with Crippen LogP contribution in [-0.2, 0) is 10.0 Å². The van der Waals surface area contributed by atoms with Crippen molar-refractivity contribution in [3.05, 3.63) is 59.4 Å². The van der Waals surface area contributed by atoms with Gasteiger partial charge in [0.25, 0.3) is 5.91 Å². The van der Waals surface area contributed by atoms with Crippen LogP contribution in [0.4, 0.5) is 4.39 Å². The van der Waals surface area contributed by atoms with Gasteiger partial charge in [-0.25, -0.2) is 12.8 Å². The Morgan fingerprint density at radius 1 is 1.07 bits per heavy atom. The normalized spacial score (nSPS) is 15.7. The van der Waals surface area contributed by atoms with Crippen LogP contribution in [0.3, 0.4) is 0 Å². The monoisotopic (exact) mass is 408 g/mol. The Hall–Kier alpha value is -1.90. The van der Waals surface area contributed by atoms with Crippen molar-refractivity contribution in [2.24, 2.45) is 0 Å². The molecule has 144 valence electrons. The van der Waals surface area contributed by atoms with E-state index in [0.29, 0.717) is 18.7 Å². The van der Waals surface area contributed by atoms with Crippen molar-refractivity contribution in [2.75, 3.05) is 32.4 Å². The molecular formula is C19H21FN2O3S2. The molecule has 1 heterocycles. The molecule has 0 atom stereocenters. The highest BCUT2D eigenvalue weighted by atomic mass is 32.2. The summed E-state index contributed by atoms with van der Waals surface area (Å²) in [4.78, 5) is 15.5. The van der Waals surface area contributed by atoms with Crippen molar-refractivity contribution in [1.82, 2.24) is 9.21 Å². The Labute approximate surface area is 163 Å². The maximum atomic E-state index is 13.4. The number of hydrogen-bond acceptors (Lipinski definition) is 4. The third-order valence-electron chi connectivity index (χ3n) is 4.63. The highest BCUT2D eigenvalue weighted by Crippen LogP contribution is 2.22. The van der Waals surface area contributed by atoms with E-state index in [1.807, 2.05) is 31.4 Å². The molecule has 0 radical (unpaired) electrons. The zero-order valence-corrected chi connectivity index (χ0v) is 16.8. The summed E-state index contributed by atoms with van der Waals surface area (Å²) in [6.07, 6.45) is 1.95. The predicted octanol–water partition coefficient (Wildman–Crippen LogP) is 3.00. The topological polar surface area (TPSA) is 57.7 Å². The maximum absolute atomic E-state index is 13.4. The number of amides is 1. The van der Waals surface area contributed by atoms with E-state index in [2.05, 4.69) is 0 Å². The molecule has 1 amide bonds. The van der Waals surface area contributed by atoms with Crippen molar-refractivity contribution < 1.29 is 17.6 Å². The third kappa shape index (κ3) is 4.17. The molecular weight excluding hydrogens is 387 g/mol. The van der Waals surface area contributed by atoms with Crippen LogP contribution in [0, 0.1) is 12.7 Å². The summed E-state index contributed by atoms with van der Waals surface area (Å²) in [5.41, 5.74) is 1.54. The lowest BCUT2D eigenvalue weighted by molar-refractivity contribution is 0.0697. The Bertz CT molecular complexity index is 955. The van der Waals surface area contributed by atoms with Crippen LogP contribution in [-0.4, -0.2) is 56.0 Å². The molecule has 0 spiro atoms. The van der Waals surface area contributed by atoms with Crippen LogP contribution >= 0.6 is 11.8 Å². The Kier molecular flexibility index (Phi) is 5.88. The van der Waals surface area contributed by atoms with Gasteiger partial charge in [-0.3, -0.25) is 4.79 Å². The van der Waals surface area contributed by atoms with Crippen molar-refractivity contribution in [2.45, 2.75) is 16.7 Å². The number of sulfonamides is 1. The van der Waals surface area contributed by atoms with Crippen molar-refractivity contribution >= 4 is 27.7 Å². The lowest BCUT2D eigenvalue weighted by atomic mass is 10.1. The zero-order valence-electron chi connectivity index (χ0n) is 15.2. The number of carbonyl (C=O) groups excluding carboxylic acids is 1. The lowest BCUT2D eigenvalue weighted by Gasteiger charge is -2.34. The number of halogens is 1. The van der Waals surface area contributed by atoms with E-state index in [1.165, 1.54) is 22.5 Å². The molecule has 1 aliphatic rings. The highest BCUT2D eigenvalue weighted by Gasteiger charge is 2.31. The van der Waals surface area contributed by atoms with Crippen LogP contribution in [0.5, 0.6) is 0 Å². The van der Waals surface area contributed by atoms with Crippen molar-refractivity contribution in [3.8, 4) is 0 Å². The number of piperazine rings is 1. The van der Waals surface area contributed by atoms with Crippen molar-refractivity contribution in [3.63, 3.8) is 0 Å². The maximum Gasteiger partial charge on any atom is 0.254 e. The zero-order chi connectivity index (χ0) is 19.6. The second kappa shape index (κ2) is 8.00. The first-order valence-electron chi connectivity index (χ1n) is 8.52. The van der Waals surface area contributed by atoms with E-state index in [4.69, 9.17) is 0 Å². The van der Waals surface area contributed by atoms with Crippen LogP contribution in [0.1, 0.15) is 15.9 Å². The van der Waals surface area contributed by atoms with E-state index in [9.17, 15) is 17.6 Å². The largest absolute Gasteiger partial charge is 0.336 e. The lowest BCUT2D eigenvalue weighted by Crippen LogP contribution is -2.50. The molecule has 0 unspecified atom stereocenters. The molecule has 8 heteroatoms. The Balaban J connectivity index is 1.73. The fourth-order valence-electron chi connectivity index (χ4n) is 3.04. The summed E-state index contributed by atoms with van der Waals surface area (Å²) in [6.45, 7) is 2.87. The number of hydrogen-bond donors (Lipinski definition) is 0. The van der Waals surface area contributed by atoms with Gasteiger partial charge in [-0.15, -0.1) is 11.8 Å². The van der Waals surface area contributed by atoms with Gasteiger partial charge in [0.15, 0.2) is 0 Å². The Morgan fingerprint density at radius 2 is 1.78 bits per heavy atom. The summed E-state index contributed by atoms with van der Waals surface area (Å²) in [5, 5.41) is 0. The molecule has 27 heavy (non-hydrogen) atoms. The molecule has 0 saturated carbocycles. The molecule has 0 N–H and O–H groups in total. The van der Waals surface area contributed by atoms with Gasteiger partial charge >= 0.3 is 0 Å². The van der Waals surface area contributed by atoms with Gasteiger partial charge in [0.05, 0.1) is 4.90 Å². The van der Waals surface area contributed by atoms with E-state index in [-0.39, 0.29) is 23.9 Å². The van der Waals surface area contributed by atoms with Gasteiger partial charge in [0.1, 0.15) is 5.82 Å². The number of aryl methyl sites for hydroxylation is 1. The minimum atomic E-state index is -3.77. The molecule has 1 saturated heterocycles. The smallest absolute Gasteiger partial charge is 0.254 e. The number of rotatable bonds is 4. The molecule has 3 rings (SSSR count). The third-order valence-corrected chi connectivity index (χ3v) is 7.25. The fourth-order valence-corrected chi connectivity index (χ4v) is 4.93. The first-order valence-corrected chi connectivity index (χ1v) is 11.2. The van der Waals surface area contributed by atoms with Crippen LogP contribution in [0.25, 0.3) is 0 Å². The minimum absolute atomic E-state index is 0.0641. The van der Waals surface area contributed by atoms with E-state index in [0.717, 1.165) is 16.5 Å². The first kappa shape index (κ1) is 19.9. The van der Waals surface area contributed by atoms with Crippen molar-refractivity contribution in [1.29, 1.82) is 0 Å². The SMILES string of the molecule is CSc1ccc(C)c(C(=O)N2CCN(S(=O)(=O)c3cccc(F)c3)CC2)c1. The molecule has 1 fully saturated rings. The van der Waals surface area contributed by atoms with Crippen LogP contribution < -0.4 is 0 Å². The van der Waals surface area contributed by atoms with Gasteiger partial charge < -0.3 is 4.90 Å². The summed E-state index contributed by atoms with van der Waals surface area (Å²) < 4.78 is 40.0. The first-order chi connectivity index (χ1) is 12.8. The second-order valence-corrected chi connectivity index (χ2v) is 9.15. The van der Waals surface area contributed by atoms with Gasteiger partial charge in [-0.05, 0) is 49.1 Å².